The Morgan fingerprint density at radius 3 is 2.44 bits per heavy atom. The lowest BCUT2D eigenvalue weighted by Gasteiger charge is -2.12. The second kappa shape index (κ2) is 11.4. The Labute approximate surface area is 196 Å². The van der Waals surface area contributed by atoms with E-state index in [4.69, 9.17) is 16.3 Å². The number of anilines is 2. The molecule has 2 N–H and O–H groups in total. The van der Waals surface area contributed by atoms with Crippen LogP contribution in [0.25, 0.3) is 6.08 Å². The summed E-state index contributed by atoms with van der Waals surface area (Å²) in [6, 6.07) is 20.4. The van der Waals surface area contributed by atoms with Crippen molar-refractivity contribution in [1.82, 2.24) is 0 Å². The smallest absolute Gasteiger partial charge is 0.248 e. The third kappa shape index (κ3) is 6.90. The molecule has 0 unspecified atom stereocenters. The molecule has 5 nitrogen and oxygen atoms in total. The van der Waals surface area contributed by atoms with Crippen LogP contribution in [0, 0.1) is 6.92 Å². The number of hydrogen-bond donors (Lipinski definition) is 2. The normalized spacial score (nSPS) is 10.7. The van der Waals surface area contributed by atoms with E-state index >= 15 is 0 Å². The predicted molar refractivity (Wildman–Crippen MR) is 133 cm³/mol. The van der Waals surface area contributed by atoms with Gasteiger partial charge in [0.15, 0.2) is 0 Å². The quantitative estimate of drug-likeness (QED) is 0.313. The van der Waals surface area contributed by atoms with Crippen molar-refractivity contribution in [3.63, 3.8) is 0 Å². The van der Waals surface area contributed by atoms with E-state index in [2.05, 4.69) is 10.6 Å². The topological polar surface area (TPSA) is 67.4 Å². The molecule has 0 heterocycles. The third-order valence-electron chi connectivity index (χ3n) is 4.47. The minimum absolute atomic E-state index is 0.154. The molecular formula is C25H23ClN2O3S. The molecule has 2 amide bonds. The summed E-state index contributed by atoms with van der Waals surface area (Å²) in [5, 5.41) is 6.26. The molecule has 0 atom stereocenters. The van der Waals surface area contributed by atoms with E-state index in [0.717, 1.165) is 16.0 Å². The number of rotatable bonds is 8. The number of carbonyl (C=O) groups excluding carboxylic acids is 2. The van der Waals surface area contributed by atoms with Crippen LogP contribution in [0.3, 0.4) is 0 Å². The molecule has 0 radical (unpaired) electrons. The number of benzene rings is 3. The molecule has 164 valence electrons. The third-order valence-corrected chi connectivity index (χ3v) is 5.89. The molecule has 0 bridgehead atoms. The highest BCUT2D eigenvalue weighted by Crippen LogP contribution is 2.31. The van der Waals surface area contributed by atoms with Gasteiger partial charge in [0.05, 0.1) is 18.6 Å². The number of hydrogen-bond acceptors (Lipinski definition) is 4. The first-order valence-electron chi connectivity index (χ1n) is 9.85. The van der Waals surface area contributed by atoms with Crippen LogP contribution in [0.5, 0.6) is 5.75 Å². The first kappa shape index (κ1) is 23.4. The summed E-state index contributed by atoms with van der Waals surface area (Å²) in [7, 11) is 1.53. The van der Waals surface area contributed by atoms with E-state index in [1.165, 1.54) is 24.9 Å². The minimum Gasteiger partial charge on any atom is -0.495 e. The Kier molecular flexibility index (Phi) is 8.36. The zero-order chi connectivity index (χ0) is 22.9. The molecule has 3 rings (SSSR count). The molecule has 0 aliphatic heterocycles. The van der Waals surface area contributed by atoms with Crippen molar-refractivity contribution in [3.05, 3.63) is 89.0 Å². The zero-order valence-corrected chi connectivity index (χ0v) is 19.3. The highest BCUT2D eigenvalue weighted by Gasteiger charge is 2.11. The Balaban J connectivity index is 1.50. The van der Waals surface area contributed by atoms with Crippen molar-refractivity contribution in [1.29, 1.82) is 0 Å². The van der Waals surface area contributed by atoms with E-state index in [1.54, 1.807) is 30.3 Å². The van der Waals surface area contributed by atoms with Crippen molar-refractivity contribution in [2.45, 2.75) is 11.8 Å². The number of ether oxygens (including phenoxy) is 1. The van der Waals surface area contributed by atoms with Crippen molar-refractivity contribution in [3.8, 4) is 5.75 Å². The summed E-state index contributed by atoms with van der Waals surface area (Å²) in [6.45, 7) is 1.87. The summed E-state index contributed by atoms with van der Waals surface area (Å²) >= 11 is 7.50. The summed E-state index contributed by atoms with van der Waals surface area (Å²) in [5.74, 6) is 0.385. The van der Waals surface area contributed by atoms with Gasteiger partial charge in [0, 0.05) is 27.7 Å². The van der Waals surface area contributed by atoms with Gasteiger partial charge in [0.2, 0.25) is 11.8 Å². The van der Waals surface area contributed by atoms with Crippen LogP contribution >= 0.6 is 23.4 Å². The molecule has 0 spiro atoms. The maximum atomic E-state index is 12.4. The number of amides is 2. The van der Waals surface area contributed by atoms with Crippen LogP contribution in [-0.4, -0.2) is 24.7 Å². The van der Waals surface area contributed by atoms with Crippen LogP contribution in [-0.2, 0) is 9.59 Å². The van der Waals surface area contributed by atoms with Crippen LogP contribution in [0.15, 0.2) is 77.7 Å². The van der Waals surface area contributed by atoms with Gasteiger partial charge >= 0.3 is 0 Å². The van der Waals surface area contributed by atoms with E-state index < -0.39 is 0 Å². The standard InChI is InChI=1S/C25H23ClN2O3S/c1-17-14-22(23(31-2)15-21(17)26)28-25(30)16-32-20-11-9-19(10-12-20)27-24(29)13-8-18-6-4-3-5-7-18/h3-15H,16H2,1-2H3,(H,27,29)(H,28,30)/b13-8+. The highest BCUT2D eigenvalue weighted by atomic mass is 35.5. The van der Waals surface area contributed by atoms with Crippen LogP contribution in [0.4, 0.5) is 11.4 Å². The first-order chi connectivity index (χ1) is 15.4. The van der Waals surface area contributed by atoms with Gasteiger partial charge in [-0.1, -0.05) is 41.9 Å². The lowest BCUT2D eigenvalue weighted by molar-refractivity contribution is -0.114. The fourth-order valence-corrected chi connectivity index (χ4v) is 3.67. The number of nitrogens with one attached hydrogen (secondary N) is 2. The average Bonchev–Trinajstić information content (AvgIpc) is 2.80. The molecule has 3 aromatic rings. The van der Waals surface area contributed by atoms with Crippen molar-refractivity contribution in [2.75, 3.05) is 23.5 Å². The van der Waals surface area contributed by atoms with Gasteiger partial charge in [-0.2, -0.15) is 0 Å². The van der Waals surface area contributed by atoms with E-state index in [-0.39, 0.29) is 17.6 Å². The lowest BCUT2D eigenvalue weighted by Crippen LogP contribution is -2.15. The Bertz CT molecular complexity index is 1120. The molecular weight excluding hydrogens is 444 g/mol. The number of aryl methyl sites for hydroxylation is 1. The summed E-state index contributed by atoms with van der Waals surface area (Å²) < 4.78 is 5.29. The van der Waals surface area contributed by atoms with Crippen molar-refractivity contribution >= 4 is 52.6 Å². The molecule has 0 aliphatic carbocycles. The number of halogens is 1. The predicted octanol–water partition coefficient (Wildman–Crippen LogP) is 6.04. The van der Waals surface area contributed by atoms with Gasteiger partial charge in [-0.05, 0) is 54.5 Å². The van der Waals surface area contributed by atoms with Gasteiger partial charge in [-0.15, -0.1) is 11.8 Å². The summed E-state index contributed by atoms with van der Waals surface area (Å²) in [6.07, 6.45) is 3.25. The van der Waals surface area contributed by atoms with Crippen LogP contribution in [0.2, 0.25) is 5.02 Å². The summed E-state index contributed by atoms with van der Waals surface area (Å²) in [5.41, 5.74) is 3.08. The van der Waals surface area contributed by atoms with Crippen molar-refractivity contribution in [2.24, 2.45) is 0 Å². The maximum Gasteiger partial charge on any atom is 0.248 e. The Morgan fingerprint density at radius 1 is 1.03 bits per heavy atom. The second-order valence-electron chi connectivity index (χ2n) is 6.90. The monoisotopic (exact) mass is 466 g/mol. The lowest BCUT2D eigenvalue weighted by atomic mass is 10.2. The second-order valence-corrected chi connectivity index (χ2v) is 8.35. The molecule has 0 aliphatic rings. The molecule has 0 fully saturated rings. The molecule has 0 saturated heterocycles. The largest absolute Gasteiger partial charge is 0.495 e. The summed E-state index contributed by atoms with van der Waals surface area (Å²) in [4.78, 5) is 25.4. The van der Waals surface area contributed by atoms with Crippen molar-refractivity contribution < 1.29 is 14.3 Å². The molecule has 0 saturated carbocycles. The van der Waals surface area contributed by atoms with Gasteiger partial charge in [0.1, 0.15) is 5.75 Å². The van der Waals surface area contributed by atoms with Gasteiger partial charge in [0.25, 0.3) is 0 Å². The van der Waals surface area contributed by atoms with E-state index in [9.17, 15) is 9.59 Å². The fourth-order valence-electron chi connectivity index (χ4n) is 2.82. The zero-order valence-electron chi connectivity index (χ0n) is 17.7. The molecule has 3 aromatic carbocycles. The Hall–Kier alpha value is -3.22. The molecule has 0 aromatic heterocycles. The number of carbonyl (C=O) groups is 2. The highest BCUT2D eigenvalue weighted by molar-refractivity contribution is 8.00. The first-order valence-corrected chi connectivity index (χ1v) is 11.2. The van der Waals surface area contributed by atoms with Gasteiger partial charge in [-0.3, -0.25) is 9.59 Å². The Morgan fingerprint density at radius 2 is 1.75 bits per heavy atom. The molecule has 32 heavy (non-hydrogen) atoms. The number of methoxy groups -OCH3 is 1. The number of thioether (sulfide) groups is 1. The maximum absolute atomic E-state index is 12.4. The van der Waals surface area contributed by atoms with E-state index in [0.29, 0.717) is 22.1 Å². The van der Waals surface area contributed by atoms with Crippen LogP contribution in [0.1, 0.15) is 11.1 Å². The average molecular weight is 467 g/mol. The van der Waals surface area contributed by atoms with E-state index in [1.807, 2.05) is 49.4 Å². The molecule has 7 heteroatoms. The fraction of sp³-hybridized carbons (Fsp3) is 0.120. The van der Waals surface area contributed by atoms with Gasteiger partial charge in [-0.25, -0.2) is 0 Å². The van der Waals surface area contributed by atoms with Crippen LogP contribution < -0.4 is 15.4 Å². The SMILES string of the molecule is COc1cc(Cl)c(C)cc1NC(=O)CSc1ccc(NC(=O)/C=C/c2ccccc2)cc1. The van der Waals surface area contributed by atoms with Gasteiger partial charge < -0.3 is 15.4 Å². The minimum atomic E-state index is -0.208.